The quantitative estimate of drug-likeness (QED) is 0.509. The number of fused-ring (bicyclic) bond motifs is 1. The van der Waals surface area contributed by atoms with E-state index in [1.54, 1.807) is 0 Å². The van der Waals surface area contributed by atoms with Crippen molar-refractivity contribution in [3.05, 3.63) is 84.1 Å². The molecule has 3 aromatic carbocycles. The summed E-state index contributed by atoms with van der Waals surface area (Å²) in [4.78, 5) is 2.11. The molecule has 0 aliphatic rings. The van der Waals surface area contributed by atoms with E-state index in [0.717, 1.165) is 39.2 Å². The van der Waals surface area contributed by atoms with Crippen LogP contribution in [0.25, 0.3) is 23.1 Å². The number of hydrogen-bond acceptors (Lipinski definition) is 3. The summed E-state index contributed by atoms with van der Waals surface area (Å²) in [6.45, 7) is 0. The van der Waals surface area contributed by atoms with Crippen molar-refractivity contribution < 1.29 is 0 Å². The van der Waals surface area contributed by atoms with Gasteiger partial charge in [-0.1, -0.05) is 42.5 Å². The zero-order chi connectivity index (χ0) is 17.9. The molecule has 4 nitrogen and oxygen atoms in total. The van der Waals surface area contributed by atoms with Crippen LogP contribution in [0.5, 0.6) is 0 Å². The molecule has 0 aliphatic carbocycles. The average molecular weight is 340 g/mol. The Balaban J connectivity index is 1.64. The first-order valence-corrected chi connectivity index (χ1v) is 8.51. The van der Waals surface area contributed by atoms with Crippen molar-refractivity contribution in [1.29, 1.82) is 0 Å². The molecule has 0 amide bonds. The molecule has 3 N–H and O–H groups in total. The van der Waals surface area contributed by atoms with Crippen LogP contribution in [0, 0.1) is 0 Å². The minimum Gasteiger partial charge on any atom is -0.399 e. The largest absolute Gasteiger partial charge is 0.399 e. The van der Waals surface area contributed by atoms with Gasteiger partial charge in [-0.15, -0.1) is 0 Å². The maximum absolute atomic E-state index is 5.90. The molecule has 0 radical (unpaired) electrons. The standard InChI is InChI=1S/C22H20N4/c1-26(18-9-5-8-17(23)14-18)19-11-12-20-21(24-25-22(20)15-19)13-10-16-6-3-2-4-7-16/h2-15H,23H2,1H3,(H,24,25). The van der Waals surface area contributed by atoms with E-state index in [9.17, 15) is 0 Å². The van der Waals surface area contributed by atoms with Crippen LogP contribution in [0.3, 0.4) is 0 Å². The van der Waals surface area contributed by atoms with Gasteiger partial charge in [-0.25, -0.2) is 0 Å². The summed E-state index contributed by atoms with van der Waals surface area (Å²) in [5.74, 6) is 0. The van der Waals surface area contributed by atoms with Gasteiger partial charge in [0.15, 0.2) is 0 Å². The van der Waals surface area contributed by atoms with Gasteiger partial charge in [0.05, 0.1) is 11.2 Å². The van der Waals surface area contributed by atoms with Gasteiger partial charge in [-0.2, -0.15) is 5.10 Å². The fourth-order valence-corrected chi connectivity index (χ4v) is 2.99. The highest BCUT2D eigenvalue weighted by Crippen LogP contribution is 2.28. The van der Waals surface area contributed by atoms with Crippen LogP contribution in [0.4, 0.5) is 17.1 Å². The van der Waals surface area contributed by atoms with Gasteiger partial charge in [0.25, 0.3) is 0 Å². The van der Waals surface area contributed by atoms with Gasteiger partial charge in [0.2, 0.25) is 0 Å². The number of anilines is 3. The van der Waals surface area contributed by atoms with Crippen molar-refractivity contribution in [2.75, 3.05) is 17.7 Å². The molecule has 1 heterocycles. The summed E-state index contributed by atoms with van der Waals surface area (Å²) in [7, 11) is 2.03. The molecule has 0 saturated heterocycles. The van der Waals surface area contributed by atoms with Crippen LogP contribution in [0.1, 0.15) is 11.3 Å². The maximum atomic E-state index is 5.90. The van der Waals surface area contributed by atoms with Gasteiger partial charge < -0.3 is 10.6 Å². The van der Waals surface area contributed by atoms with E-state index in [1.165, 1.54) is 0 Å². The Kier molecular flexibility index (Phi) is 4.15. The fraction of sp³-hybridized carbons (Fsp3) is 0.0455. The normalized spacial score (nSPS) is 11.3. The number of nitrogens with two attached hydrogens (primary N) is 1. The number of benzene rings is 3. The minimum absolute atomic E-state index is 0.755. The van der Waals surface area contributed by atoms with E-state index < -0.39 is 0 Å². The molecule has 0 atom stereocenters. The van der Waals surface area contributed by atoms with Crippen molar-refractivity contribution in [3.8, 4) is 0 Å². The molecule has 26 heavy (non-hydrogen) atoms. The molecular weight excluding hydrogens is 320 g/mol. The molecule has 128 valence electrons. The van der Waals surface area contributed by atoms with E-state index in [1.807, 2.05) is 55.6 Å². The van der Waals surface area contributed by atoms with Crippen LogP contribution in [-0.4, -0.2) is 17.2 Å². The summed E-state index contributed by atoms with van der Waals surface area (Å²) < 4.78 is 0. The zero-order valence-corrected chi connectivity index (χ0v) is 14.6. The second-order valence-corrected chi connectivity index (χ2v) is 6.24. The van der Waals surface area contributed by atoms with Crippen molar-refractivity contribution in [2.45, 2.75) is 0 Å². The van der Waals surface area contributed by atoms with E-state index in [2.05, 4.69) is 51.5 Å². The van der Waals surface area contributed by atoms with E-state index >= 15 is 0 Å². The van der Waals surface area contributed by atoms with Crippen molar-refractivity contribution in [3.63, 3.8) is 0 Å². The van der Waals surface area contributed by atoms with Crippen molar-refractivity contribution in [1.82, 2.24) is 10.2 Å². The van der Waals surface area contributed by atoms with Gasteiger partial charge in [0.1, 0.15) is 0 Å². The van der Waals surface area contributed by atoms with Gasteiger partial charge in [-0.05, 0) is 48.0 Å². The van der Waals surface area contributed by atoms with E-state index in [0.29, 0.717) is 0 Å². The Morgan fingerprint density at radius 1 is 0.885 bits per heavy atom. The van der Waals surface area contributed by atoms with Crippen LogP contribution in [-0.2, 0) is 0 Å². The molecule has 4 aromatic rings. The van der Waals surface area contributed by atoms with E-state index in [4.69, 9.17) is 5.73 Å². The van der Waals surface area contributed by atoms with Crippen molar-refractivity contribution in [2.24, 2.45) is 0 Å². The minimum atomic E-state index is 0.755. The molecule has 1 aromatic heterocycles. The Labute approximate surface area is 152 Å². The maximum Gasteiger partial charge on any atom is 0.0927 e. The summed E-state index contributed by atoms with van der Waals surface area (Å²) >= 11 is 0. The zero-order valence-electron chi connectivity index (χ0n) is 14.6. The lowest BCUT2D eigenvalue weighted by atomic mass is 10.1. The third-order valence-corrected chi connectivity index (χ3v) is 4.45. The SMILES string of the molecule is CN(c1cccc(N)c1)c1ccc2c(C=Cc3ccccc3)n[nH]c2c1. The van der Waals surface area contributed by atoms with Crippen molar-refractivity contribution >= 4 is 40.1 Å². The molecule has 4 heteroatoms. The van der Waals surface area contributed by atoms with E-state index in [-0.39, 0.29) is 0 Å². The molecule has 0 spiro atoms. The molecule has 0 aliphatic heterocycles. The highest BCUT2D eigenvalue weighted by molar-refractivity contribution is 5.91. The number of hydrogen-bond donors (Lipinski definition) is 2. The van der Waals surface area contributed by atoms with Gasteiger partial charge >= 0.3 is 0 Å². The summed E-state index contributed by atoms with van der Waals surface area (Å²) in [6, 6.07) is 24.4. The predicted octanol–water partition coefficient (Wildman–Crippen LogP) is 5.08. The number of aromatic nitrogens is 2. The topological polar surface area (TPSA) is 57.9 Å². The lowest BCUT2D eigenvalue weighted by Gasteiger charge is -2.19. The molecule has 0 unspecified atom stereocenters. The number of rotatable bonds is 4. The third kappa shape index (κ3) is 3.17. The summed E-state index contributed by atoms with van der Waals surface area (Å²) in [5.41, 5.74) is 11.9. The second kappa shape index (κ2) is 6.76. The lowest BCUT2D eigenvalue weighted by Crippen LogP contribution is -2.09. The first kappa shape index (κ1) is 16.0. The average Bonchev–Trinajstić information content (AvgIpc) is 3.09. The Morgan fingerprint density at radius 3 is 2.50 bits per heavy atom. The number of nitrogen functional groups attached to an aromatic ring is 1. The molecule has 0 bridgehead atoms. The number of nitrogens with one attached hydrogen (secondary N) is 1. The first-order chi connectivity index (χ1) is 12.7. The summed E-state index contributed by atoms with van der Waals surface area (Å²) in [5, 5.41) is 8.68. The van der Waals surface area contributed by atoms with Gasteiger partial charge in [-0.3, -0.25) is 5.10 Å². The molecule has 4 rings (SSSR count). The number of H-pyrrole nitrogens is 1. The highest BCUT2D eigenvalue weighted by atomic mass is 15.1. The second-order valence-electron chi connectivity index (χ2n) is 6.24. The molecule has 0 fully saturated rings. The molecular formula is C22H20N4. The fourth-order valence-electron chi connectivity index (χ4n) is 2.99. The smallest absolute Gasteiger partial charge is 0.0927 e. The number of aromatic amines is 1. The Hall–Kier alpha value is -3.53. The molecule has 0 saturated carbocycles. The monoisotopic (exact) mass is 340 g/mol. The summed E-state index contributed by atoms with van der Waals surface area (Å²) in [6.07, 6.45) is 4.11. The Morgan fingerprint density at radius 2 is 1.69 bits per heavy atom. The highest BCUT2D eigenvalue weighted by Gasteiger charge is 2.08. The predicted molar refractivity (Wildman–Crippen MR) is 110 cm³/mol. The lowest BCUT2D eigenvalue weighted by molar-refractivity contribution is 1.10. The van der Waals surface area contributed by atoms with Crippen LogP contribution < -0.4 is 10.6 Å². The van der Waals surface area contributed by atoms with Crippen LogP contribution in [0.2, 0.25) is 0 Å². The third-order valence-electron chi connectivity index (χ3n) is 4.45. The number of nitrogens with zero attached hydrogens (tertiary/aromatic N) is 2. The Bertz CT molecular complexity index is 1060. The first-order valence-electron chi connectivity index (χ1n) is 8.51. The van der Waals surface area contributed by atoms with Crippen LogP contribution in [0.15, 0.2) is 72.8 Å². The van der Waals surface area contributed by atoms with Crippen LogP contribution >= 0.6 is 0 Å². The van der Waals surface area contributed by atoms with Gasteiger partial charge in [0, 0.05) is 29.5 Å².